The number of fused-ring (bicyclic) bond motifs is 2. The number of hydrogen-bond donors (Lipinski definition) is 0. The van der Waals surface area contributed by atoms with Crippen LogP contribution >= 0.6 is 0 Å². The third kappa shape index (κ3) is 3.23. The summed E-state index contributed by atoms with van der Waals surface area (Å²) in [5.41, 5.74) is 0. The molecule has 0 spiro atoms. The topological polar surface area (TPSA) is 26.3 Å². The minimum atomic E-state index is -0.394. The van der Waals surface area contributed by atoms with Gasteiger partial charge in [-0.3, -0.25) is 0 Å². The van der Waals surface area contributed by atoms with Gasteiger partial charge >= 0.3 is 5.97 Å². The van der Waals surface area contributed by atoms with Crippen molar-refractivity contribution in [2.75, 3.05) is 7.11 Å². The highest BCUT2D eigenvalue weighted by molar-refractivity contribution is 5.98. The Bertz CT molecular complexity index is 639. The van der Waals surface area contributed by atoms with Gasteiger partial charge in [0.1, 0.15) is 0 Å². The van der Waals surface area contributed by atoms with Crippen molar-refractivity contribution in [2.24, 2.45) is 0 Å². The van der Waals surface area contributed by atoms with E-state index in [1.54, 1.807) is 0 Å². The Morgan fingerprint density at radius 3 is 1.45 bits per heavy atom. The molecule has 3 aromatic carbocycles. The smallest absolute Gasteiger partial charge is 0.329 e. The second-order valence-corrected chi connectivity index (χ2v) is 4.27. The zero-order valence-corrected chi connectivity index (χ0v) is 11.4. The van der Waals surface area contributed by atoms with Crippen molar-refractivity contribution in [3.8, 4) is 0 Å². The summed E-state index contributed by atoms with van der Waals surface area (Å²) in [4.78, 5) is 9.84. The van der Waals surface area contributed by atoms with Gasteiger partial charge in [-0.05, 0) is 33.7 Å². The monoisotopic (exact) mass is 264 g/mol. The minimum Gasteiger partial charge on any atom is -0.466 e. The van der Waals surface area contributed by atoms with Gasteiger partial charge in [0.2, 0.25) is 0 Å². The minimum absolute atomic E-state index is 0.394. The lowest BCUT2D eigenvalue weighted by Crippen LogP contribution is -1.91. The summed E-state index contributed by atoms with van der Waals surface area (Å²) >= 11 is 0. The Hall–Kier alpha value is -2.61. The summed E-state index contributed by atoms with van der Waals surface area (Å²) in [5.74, 6) is -0.394. The molecule has 20 heavy (non-hydrogen) atoms. The summed E-state index contributed by atoms with van der Waals surface area (Å²) < 4.78 is 4.14. The first kappa shape index (κ1) is 13.8. The molecule has 0 saturated carbocycles. The van der Waals surface area contributed by atoms with Crippen LogP contribution in [0.3, 0.4) is 0 Å². The predicted octanol–water partition coefficient (Wildman–Crippen LogP) is 4.34. The molecule has 0 heterocycles. The zero-order valence-electron chi connectivity index (χ0n) is 11.4. The zero-order chi connectivity index (χ0) is 14.4. The number of esters is 1. The number of carbonyl (C=O) groups excluding carboxylic acids is 1. The molecule has 2 heteroatoms. The first-order valence-electron chi connectivity index (χ1n) is 6.32. The fourth-order valence-electron chi connectivity index (χ4n) is 1.97. The first-order valence-corrected chi connectivity index (χ1v) is 6.32. The van der Waals surface area contributed by atoms with Crippen molar-refractivity contribution in [1.29, 1.82) is 0 Å². The Morgan fingerprint density at radius 1 is 0.900 bits per heavy atom. The van der Waals surface area contributed by atoms with E-state index in [1.165, 1.54) is 28.7 Å². The summed E-state index contributed by atoms with van der Waals surface area (Å²) in [6.07, 6.45) is 1.11. The summed E-state index contributed by atoms with van der Waals surface area (Å²) in [6, 6.07) is 21.4. The van der Waals surface area contributed by atoms with Gasteiger partial charge in [0.05, 0.1) is 7.11 Å². The molecule has 0 aliphatic rings. The van der Waals surface area contributed by atoms with Crippen LogP contribution in [-0.4, -0.2) is 13.1 Å². The molecule has 0 aliphatic carbocycles. The van der Waals surface area contributed by atoms with Crippen LogP contribution < -0.4 is 0 Å². The molecule has 2 nitrogen and oxygen atoms in total. The molecular weight excluding hydrogens is 248 g/mol. The molecule has 0 fully saturated rings. The lowest BCUT2D eigenvalue weighted by atomic mass is 10.0. The summed E-state index contributed by atoms with van der Waals surface area (Å²) in [7, 11) is 1.31. The van der Waals surface area contributed by atoms with Crippen LogP contribution in [-0.2, 0) is 9.53 Å². The van der Waals surface area contributed by atoms with E-state index in [0.29, 0.717) is 0 Å². The summed E-state index contributed by atoms with van der Waals surface area (Å²) in [6.45, 7) is 3.16. The molecule has 0 aliphatic heterocycles. The van der Waals surface area contributed by atoms with Gasteiger partial charge in [0.15, 0.2) is 0 Å². The molecule has 0 radical (unpaired) electrons. The number of benzene rings is 3. The van der Waals surface area contributed by atoms with Gasteiger partial charge < -0.3 is 4.74 Å². The van der Waals surface area contributed by atoms with Crippen molar-refractivity contribution < 1.29 is 9.53 Å². The van der Waals surface area contributed by atoms with Crippen LogP contribution in [0, 0.1) is 0 Å². The fourth-order valence-corrected chi connectivity index (χ4v) is 1.97. The molecular formula is C18H16O2. The van der Waals surface area contributed by atoms with Crippen LogP contribution in [0.2, 0.25) is 0 Å². The third-order valence-electron chi connectivity index (χ3n) is 2.98. The standard InChI is InChI=1S/C14H10.C4H6O2/c1-2-6-12-10-14-8-4-3-7-13(14)9-11(12)5-1;1-3-4(5)6-2/h1-10H;3H,1H2,2H3. The van der Waals surface area contributed by atoms with Crippen LogP contribution in [0.5, 0.6) is 0 Å². The van der Waals surface area contributed by atoms with Gasteiger partial charge in [-0.1, -0.05) is 55.1 Å². The summed E-state index contributed by atoms with van der Waals surface area (Å²) in [5, 5.41) is 5.25. The maximum absolute atomic E-state index is 9.84. The van der Waals surface area contributed by atoms with Gasteiger partial charge in [0.25, 0.3) is 0 Å². The molecule has 0 N–H and O–H groups in total. The molecule has 0 bridgehead atoms. The Labute approximate surface area is 118 Å². The quantitative estimate of drug-likeness (QED) is 0.371. The van der Waals surface area contributed by atoms with Crippen LogP contribution in [0.1, 0.15) is 0 Å². The van der Waals surface area contributed by atoms with E-state index in [4.69, 9.17) is 0 Å². The highest BCUT2D eigenvalue weighted by atomic mass is 16.5. The molecule has 100 valence electrons. The van der Waals surface area contributed by atoms with Gasteiger partial charge in [-0.25, -0.2) is 4.79 Å². The average Bonchev–Trinajstić information content (AvgIpc) is 2.52. The SMILES string of the molecule is C=CC(=O)OC.c1ccc2cc3ccccc3cc2c1. The Morgan fingerprint density at radius 2 is 1.25 bits per heavy atom. The normalized spacial score (nSPS) is 9.65. The largest absolute Gasteiger partial charge is 0.466 e. The van der Waals surface area contributed by atoms with E-state index < -0.39 is 5.97 Å². The molecule has 0 atom stereocenters. The number of hydrogen-bond acceptors (Lipinski definition) is 2. The van der Waals surface area contributed by atoms with Crippen LogP contribution in [0.4, 0.5) is 0 Å². The second-order valence-electron chi connectivity index (χ2n) is 4.27. The Balaban J connectivity index is 0.000000212. The average molecular weight is 264 g/mol. The van der Waals surface area contributed by atoms with E-state index in [0.717, 1.165) is 6.08 Å². The molecule has 0 amide bonds. The number of carbonyl (C=O) groups is 1. The highest BCUT2D eigenvalue weighted by Crippen LogP contribution is 2.21. The maximum Gasteiger partial charge on any atom is 0.329 e. The number of methoxy groups -OCH3 is 1. The van der Waals surface area contributed by atoms with E-state index in [-0.39, 0.29) is 0 Å². The Kier molecular flexibility index (Phi) is 4.51. The number of rotatable bonds is 1. The van der Waals surface area contributed by atoms with E-state index in [2.05, 4.69) is 72.0 Å². The van der Waals surface area contributed by atoms with Crippen molar-refractivity contribution >= 4 is 27.5 Å². The van der Waals surface area contributed by atoms with Crippen LogP contribution in [0.25, 0.3) is 21.5 Å². The third-order valence-corrected chi connectivity index (χ3v) is 2.98. The molecule has 0 unspecified atom stereocenters. The van der Waals surface area contributed by atoms with Gasteiger partial charge in [-0.2, -0.15) is 0 Å². The maximum atomic E-state index is 9.84. The molecule has 0 saturated heterocycles. The van der Waals surface area contributed by atoms with E-state index in [9.17, 15) is 4.79 Å². The lowest BCUT2D eigenvalue weighted by molar-refractivity contribution is -0.134. The van der Waals surface area contributed by atoms with Gasteiger partial charge in [0, 0.05) is 6.08 Å². The predicted molar refractivity (Wildman–Crippen MR) is 83.7 cm³/mol. The van der Waals surface area contributed by atoms with Crippen molar-refractivity contribution in [3.05, 3.63) is 73.3 Å². The van der Waals surface area contributed by atoms with Crippen LogP contribution in [0.15, 0.2) is 73.3 Å². The van der Waals surface area contributed by atoms with Gasteiger partial charge in [-0.15, -0.1) is 0 Å². The van der Waals surface area contributed by atoms with E-state index >= 15 is 0 Å². The first-order chi connectivity index (χ1) is 9.74. The lowest BCUT2D eigenvalue weighted by Gasteiger charge is -2.00. The molecule has 3 rings (SSSR count). The number of ether oxygens (including phenoxy) is 1. The fraction of sp³-hybridized carbons (Fsp3) is 0.0556. The van der Waals surface area contributed by atoms with E-state index in [1.807, 2.05) is 0 Å². The van der Waals surface area contributed by atoms with Crippen molar-refractivity contribution in [1.82, 2.24) is 0 Å². The second kappa shape index (κ2) is 6.53. The van der Waals surface area contributed by atoms with Crippen molar-refractivity contribution in [2.45, 2.75) is 0 Å². The van der Waals surface area contributed by atoms with Crippen molar-refractivity contribution in [3.63, 3.8) is 0 Å². The molecule has 0 aromatic heterocycles. The highest BCUT2D eigenvalue weighted by Gasteiger charge is 1.95. The molecule has 3 aromatic rings.